The van der Waals surface area contributed by atoms with Gasteiger partial charge in [-0.25, -0.2) is 0 Å². The molecule has 5 nitrogen and oxygen atoms in total. The lowest BCUT2D eigenvalue weighted by Gasteiger charge is -2.38. The Kier molecular flexibility index (Phi) is 5.66. The van der Waals surface area contributed by atoms with Crippen molar-refractivity contribution < 1.29 is 9.47 Å². The molecule has 3 fully saturated rings. The summed E-state index contributed by atoms with van der Waals surface area (Å²) in [7, 11) is 0. The van der Waals surface area contributed by atoms with Crippen LogP contribution in [0.25, 0.3) is 0 Å². The van der Waals surface area contributed by atoms with Crippen molar-refractivity contribution in [1.82, 2.24) is 14.8 Å². The molecule has 0 N–H and O–H groups in total. The fourth-order valence-electron chi connectivity index (χ4n) is 4.48. The maximum atomic E-state index is 6.24. The Balaban J connectivity index is 1.18. The lowest BCUT2D eigenvalue weighted by molar-refractivity contribution is -0.0467. The first kappa shape index (κ1) is 17.4. The van der Waals surface area contributed by atoms with Crippen molar-refractivity contribution in [2.75, 3.05) is 45.9 Å². The summed E-state index contributed by atoms with van der Waals surface area (Å²) in [6.07, 6.45) is 10.1. The van der Waals surface area contributed by atoms with Gasteiger partial charge in [0.25, 0.3) is 0 Å². The molecule has 0 saturated carbocycles. The molecule has 0 radical (unpaired) electrons. The molecule has 4 heterocycles. The number of piperidine rings is 1. The summed E-state index contributed by atoms with van der Waals surface area (Å²) >= 11 is 0. The molecule has 138 valence electrons. The lowest BCUT2D eigenvalue weighted by atomic mass is 9.88. The van der Waals surface area contributed by atoms with Crippen molar-refractivity contribution in [3.8, 4) is 0 Å². The van der Waals surface area contributed by atoms with E-state index in [1.807, 2.05) is 18.5 Å². The number of hydrogen-bond acceptors (Lipinski definition) is 5. The second-order valence-electron chi connectivity index (χ2n) is 7.88. The number of rotatable bonds is 6. The number of aromatic nitrogens is 1. The van der Waals surface area contributed by atoms with Gasteiger partial charge in [0.15, 0.2) is 0 Å². The summed E-state index contributed by atoms with van der Waals surface area (Å²) in [5.74, 6) is 0. The molecule has 0 unspecified atom stereocenters. The minimum atomic E-state index is 0.0732. The molecule has 0 aromatic carbocycles. The Morgan fingerprint density at radius 1 is 1.16 bits per heavy atom. The van der Waals surface area contributed by atoms with Crippen LogP contribution in [-0.4, -0.2) is 72.4 Å². The van der Waals surface area contributed by atoms with Gasteiger partial charge in [-0.15, -0.1) is 0 Å². The smallest absolute Gasteiger partial charge is 0.0836 e. The predicted octanol–water partition coefficient (Wildman–Crippen LogP) is 2.32. The van der Waals surface area contributed by atoms with Crippen molar-refractivity contribution in [1.29, 1.82) is 0 Å². The van der Waals surface area contributed by atoms with Gasteiger partial charge in [0, 0.05) is 45.0 Å². The SMILES string of the molecule is c1cncc(CN2CCC3(CC2)C[C@@H](OCCN2CCCC2)CO3)c1. The van der Waals surface area contributed by atoms with Gasteiger partial charge in [0.05, 0.1) is 24.9 Å². The first-order chi connectivity index (χ1) is 12.3. The summed E-state index contributed by atoms with van der Waals surface area (Å²) in [5.41, 5.74) is 1.37. The highest BCUT2D eigenvalue weighted by Gasteiger charge is 2.43. The zero-order valence-corrected chi connectivity index (χ0v) is 15.2. The molecule has 4 rings (SSSR count). The van der Waals surface area contributed by atoms with Crippen LogP contribution in [0.2, 0.25) is 0 Å². The summed E-state index contributed by atoms with van der Waals surface area (Å²) in [6, 6.07) is 4.18. The van der Waals surface area contributed by atoms with E-state index in [0.717, 1.165) is 58.7 Å². The third kappa shape index (κ3) is 4.59. The Bertz CT molecular complexity index is 525. The van der Waals surface area contributed by atoms with Crippen molar-refractivity contribution in [2.45, 2.75) is 50.4 Å². The molecule has 25 heavy (non-hydrogen) atoms. The molecular weight excluding hydrogens is 314 g/mol. The van der Waals surface area contributed by atoms with E-state index >= 15 is 0 Å². The van der Waals surface area contributed by atoms with E-state index in [9.17, 15) is 0 Å². The number of ether oxygens (including phenoxy) is 2. The Hall–Kier alpha value is -1.01. The molecule has 1 aromatic heterocycles. The fourth-order valence-corrected chi connectivity index (χ4v) is 4.48. The van der Waals surface area contributed by atoms with Crippen LogP contribution in [0.4, 0.5) is 0 Å². The zero-order valence-electron chi connectivity index (χ0n) is 15.2. The molecular formula is C20H31N3O2. The molecule has 3 saturated heterocycles. The summed E-state index contributed by atoms with van der Waals surface area (Å²) in [6.45, 7) is 8.44. The van der Waals surface area contributed by atoms with Gasteiger partial charge >= 0.3 is 0 Å². The van der Waals surface area contributed by atoms with Crippen LogP contribution in [0.5, 0.6) is 0 Å². The van der Waals surface area contributed by atoms with E-state index in [1.54, 1.807) is 0 Å². The van der Waals surface area contributed by atoms with E-state index in [4.69, 9.17) is 9.47 Å². The van der Waals surface area contributed by atoms with Gasteiger partial charge in [-0.05, 0) is 50.4 Å². The van der Waals surface area contributed by atoms with Crippen molar-refractivity contribution in [3.05, 3.63) is 30.1 Å². The van der Waals surface area contributed by atoms with Crippen LogP contribution in [-0.2, 0) is 16.0 Å². The molecule has 1 spiro atoms. The number of hydrogen-bond donors (Lipinski definition) is 0. The van der Waals surface area contributed by atoms with Crippen LogP contribution >= 0.6 is 0 Å². The quantitative estimate of drug-likeness (QED) is 0.791. The van der Waals surface area contributed by atoms with Gasteiger partial charge in [-0.2, -0.15) is 0 Å². The Labute approximate surface area is 151 Å². The highest BCUT2D eigenvalue weighted by atomic mass is 16.6. The average Bonchev–Trinajstić information content (AvgIpc) is 3.29. The van der Waals surface area contributed by atoms with Gasteiger partial charge in [0.2, 0.25) is 0 Å². The molecule has 5 heteroatoms. The average molecular weight is 345 g/mol. The molecule has 3 aliphatic rings. The van der Waals surface area contributed by atoms with Crippen LogP contribution in [0.15, 0.2) is 24.5 Å². The monoisotopic (exact) mass is 345 g/mol. The number of nitrogens with zero attached hydrogens (tertiary/aromatic N) is 3. The third-order valence-electron chi connectivity index (χ3n) is 6.03. The summed E-state index contributed by atoms with van der Waals surface area (Å²) in [5, 5.41) is 0. The predicted molar refractivity (Wildman–Crippen MR) is 97.5 cm³/mol. The maximum Gasteiger partial charge on any atom is 0.0836 e. The first-order valence-electron chi connectivity index (χ1n) is 9.91. The van der Waals surface area contributed by atoms with E-state index < -0.39 is 0 Å². The molecule has 0 bridgehead atoms. The standard InChI is InChI=1S/C20H31N3O2/c1-2-9-22(8-1)12-13-24-19-14-20(25-17-19)5-10-23(11-6-20)16-18-4-3-7-21-15-18/h3-4,7,15,19H,1-2,5-6,8-14,16-17H2/t19-/m1/s1. The number of pyridine rings is 1. The minimum Gasteiger partial charge on any atom is -0.374 e. The summed E-state index contributed by atoms with van der Waals surface area (Å²) in [4.78, 5) is 9.25. The van der Waals surface area contributed by atoms with Crippen molar-refractivity contribution in [3.63, 3.8) is 0 Å². The van der Waals surface area contributed by atoms with Gasteiger partial charge in [-0.3, -0.25) is 9.88 Å². The first-order valence-corrected chi connectivity index (χ1v) is 9.91. The van der Waals surface area contributed by atoms with Crippen molar-refractivity contribution in [2.24, 2.45) is 0 Å². The normalized spacial score (nSPS) is 27.3. The highest BCUT2D eigenvalue weighted by Crippen LogP contribution is 2.37. The minimum absolute atomic E-state index is 0.0732. The lowest BCUT2D eigenvalue weighted by Crippen LogP contribution is -2.44. The van der Waals surface area contributed by atoms with E-state index in [2.05, 4.69) is 20.9 Å². The molecule has 0 amide bonds. The van der Waals surface area contributed by atoms with E-state index in [0.29, 0.717) is 6.10 Å². The highest BCUT2D eigenvalue weighted by molar-refractivity contribution is 5.08. The van der Waals surface area contributed by atoms with Crippen LogP contribution in [0, 0.1) is 0 Å². The Morgan fingerprint density at radius 3 is 2.76 bits per heavy atom. The van der Waals surface area contributed by atoms with Crippen molar-refractivity contribution >= 4 is 0 Å². The second kappa shape index (κ2) is 8.12. The van der Waals surface area contributed by atoms with E-state index in [1.165, 1.54) is 31.5 Å². The zero-order chi connectivity index (χ0) is 17.0. The largest absolute Gasteiger partial charge is 0.374 e. The second-order valence-corrected chi connectivity index (χ2v) is 7.88. The fraction of sp³-hybridized carbons (Fsp3) is 0.750. The van der Waals surface area contributed by atoms with E-state index in [-0.39, 0.29) is 5.60 Å². The molecule has 0 aliphatic carbocycles. The Morgan fingerprint density at radius 2 is 2.00 bits per heavy atom. The summed E-state index contributed by atoms with van der Waals surface area (Å²) < 4.78 is 12.4. The molecule has 1 atom stereocenters. The third-order valence-corrected chi connectivity index (χ3v) is 6.03. The molecule has 1 aromatic rings. The van der Waals surface area contributed by atoms with Crippen LogP contribution < -0.4 is 0 Å². The number of likely N-dealkylation sites (tertiary alicyclic amines) is 2. The van der Waals surface area contributed by atoms with Gasteiger partial charge in [-0.1, -0.05) is 6.07 Å². The topological polar surface area (TPSA) is 37.8 Å². The van der Waals surface area contributed by atoms with Gasteiger partial charge < -0.3 is 14.4 Å². The molecule has 3 aliphatic heterocycles. The van der Waals surface area contributed by atoms with Crippen LogP contribution in [0.1, 0.15) is 37.7 Å². The van der Waals surface area contributed by atoms with Gasteiger partial charge in [0.1, 0.15) is 0 Å². The maximum absolute atomic E-state index is 6.24. The van der Waals surface area contributed by atoms with Crippen LogP contribution in [0.3, 0.4) is 0 Å².